The number of hydrogen-bond donors (Lipinski definition) is 2. The van der Waals surface area contributed by atoms with E-state index in [-0.39, 0.29) is 5.75 Å². The van der Waals surface area contributed by atoms with Gasteiger partial charge in [-0.15, -0.1) is 11.3 Å². The second-order valence-electron chi connectivity index (χ2n) is 5.35. The van der Waals surface area contributed by atoms with Gasteiger partial charge in [-0.1, -0.05) is 30.3 Å². The van der Waals surface area contributed by atoms with Gasteiger partial charge in [0.25, 0.3) is 5.91 Å². The molecule has 0 bridgehead atoms. The monoisotopic (exact) mass is 369 g/mol. The number of hydrogen-bond acceptors (Lipinski definition) is 5. The number of carbonyl (C=O) groups is 1. The van der Waals surface area contributed by atoms with E-state index in [1.807, 2.05) is 30.3 Å². The van der Waals surface area contributed by atoms with Gasteiger partial charge in [-0.25, -0.2) is 9.82 Å². The summed E-state index contributed by atoms with van der Waals surface area (Å²) in [6.07, 6.45) is 1.35. The third-order valence-electron chi connectivity index (χ3n) is 3.58. The first-order valence-electron chi connectivity index (χ1n) is 7.70. The Morgan fingerprint density at radius 1 is 1.23 bits per heavy atom. The minimum absolute atomic E-state index is 0.144. The second kappa shape index (κ2) is 7.79. The van der Waals surface area contributed by atoms with Crippen molar-refractivity contribution in [2.24, 2.45) is 5.10 Å². The summed E-state index contributed by atoms with van der Waals surface area (Å²) in [6, 6.07) is 15.8. The van der Waals surface area contributed by atoms with E-state index in [1.54, 1.807) is 12.1 Å². The van der Waals surface area contributed by atoms with Gasteiger partial charge in [0.05, 0.1) is 19.0 Å². The highest BCUT2D eigenvalue weighted by atomic mass is 32.1. The first kappa shape index (κ1) is 17.6. The standard InChI is InChI=1S/C19H16FN3O2S/c1-25-16-8-7-12(9-14(16)20)11-22-23-19(24)18-15(21)10-17(26-18)13-5-3-2-4-6-13/h2-11H,21H2,1H3,(H,23,24)/b22-11-. The number of nitrogens with one attached hydrogen (secondary N) is 1. The number of ether oxygens (including phenoxy) is 1. The highest BCUT2D eigenvalue weighted by molar-refractivity contribution is 7.18. The Hall–Kier alpha value is -3.19. The van der Waals surface area contributed by atoms with Crippen LogP contribution in [0.3, 0.4) is 0 Å². The van der Waals surface area contributed by atoms with Gasteiger partial charge in [-0.05, 0) is 35.4 Å². The molecule has 1 aromatic heterocycles. The minimum Gasteiger partial charge on any atom is -0.494 e. The average Bonchev–Trinajstić information content (AvgIpc) is 3.04. The molecule has 3 rings (SSSR count). The Balaban J connectivity index is 1.70. The molecule has 0 fully saturated rings. The largest absolute Gasteiger partial charge is 0.494 e. The zero-order valence-electron chi connectivity index (χ0n) is 13.9. The molecule has 26 heavy (non-hydrogen) atoms. The summed E-state index contributed by atoms with van der Waals surface area (Å²) in [5, 5.41) is 3.86. The van der Waals surface area contributed by atoms with Crippen LogP contribution in [0.2, 0.25) is 0 Å². The summed E-state index contributed by atoms with van der Waals surface area (Å²) in [7, 11) is 1.39. The Morgan fingerprint density at radius 2 is 2.00 bits per heavy atom. The van der Waals surface area contributed by atoms with Crippen LogP contribution in [0.4, 0.5) is 10.1 Å². The second-order valence-corrected chi connectivity index (χ2v) is 6.41. The van der Waals surface area contributed by atoms with Crippen molar-refractivity contribution in [1.82, 2.24) is 5.43 Å². The Bertz CT molecular complexity index is 955. The predicted molar refractivity (Wildman–Crippen MR) is 102 cm³/mol. The van der Waals surface area contributed by atoms with Gasteiger partial charge in [0.2, 0.25) is 0 Å². The summed E-state index contributed by atoms with van der Waals surface area (Å²) in [6.45, 7) is 0. The molecule has 0 spiro atoms. The van der Waals surface area contributed by atoms with Crippen molar-refractivity contribution in [3.63, 3.8) is 0 Å². The molecule has 0 aliphatic rings. The highest BCUT2D eigenvalue weighted by Crippen LogP contribution is 2.32. The predicted octanol–water partition coefficient (Wildman–Crippen LogP) is 3.91. The molecule has 3 aromatic rings. The van der Waals surface area contributed by atoms with E-state index in [0.717, 1.165) is 10.4 Å². The summed E-state index contributed by atoms with van der Waals surface area (Å²) in [5.74, 6) is -0.774. The van der Waals surface area contributed by atoms with Crippen LogP contribution in [0.25, 0.3) is 10.4 Å². The van der Waals surface area contributed by atoms with Crippen molar-refractivity contribution in [2.75, 3.05) is 12.8 Å². The summed E-state index contributed by atoms with van der Waals surface area (Å²) >= 11 is 1.29. The molecule has 132 valence electrons. The number of benzene rings is 2. The van der Waals surface area contributed by atoms with Crippen LogP contribution in [0, 0.1) is 5.82 Å². The number of nitrogens with zero attached hydrogens (tertiary/aromatic N) is 1. The van der Waals surface area contributed by atoms with Crippen LogP contribution in [-0.4, -0.2) is 19.2 Å². The molecule has 0 saturated carbocycles. The Labute approximate surface area is 153 Å². The van der Waals surface area contributed by atoms with Gasteiger partial charge in [0.1, 0.15) is 4.88 Å². The molecule has 0 radical (unpaired) electrons. The molecule has 0 aliphatic carbocycles. The molecule has 0 aliphatic heterocycles. The van der Waals surface area contributed by atoms with E-state index in [9.17, 15) is 9.18 Å². The molecule has 3 N–H and O–H groups in total. The van der Waals surface area contributed by atoms with Crippen molar-refractivity contribution in [1.29, 1.82) is 0 Å². The maximum Gasteiger partial charge on any atom is 0.283 e. The summed E-state index contributed by atoms with van der Waals surface area (Å²) in [4.78, 5) is 13.6. The molecule has 0 unspecified atom stereocenters. The fourth-order valence-electron chi connectivity index (χ4n) is 2.31. The van der Waals surface area contributed by atoms with Gasteiger partial charge in [0, 0.05) is 4.88 Å². The van der Waals surface area contributed by atoms with Crippen LogP contribution < -0.4 is 15.9 Å². The fraction of sp³-hybridized carbons (Fsp3) is 0.0526. The zero-order valence-corrected chi connectivity index (χ0v) is 14.7. The van der Waals surface area contributed by atoms with Gasteiger partial charge in [0.15, 0.2) is 11.6 Å². The summed E-state index contributed by atoms with van der Waals surface area (Å²) in [5.41, 5.74) is 10.2. The van der Waals surface area contributed by atoms with Crippen LogP contribution in [0.1, 0.15) is 15.2 Å². The van der Waals surface area contributed by atoms with Crippen molar-refractivity contribution in [3.8, 4) is 16.2 Å². The van der Waals surface area contributed by atoms with E-state index in [0.29, 0.717) is 16.1 Å². The fourth-order valence-corrected chi connectivity index (χ4v) is 3.28. The number of methoxy groups -OCH3 is 1. The average molecular weight is 369 g/mol. The van der Waals surface area contributed by atoms with E-state index in [1.165, 1.54) is 36.8 Å². The topological polar surface area (TPSA) is 76.7 Å². The van der Waals surface area contributed by atoms with Gasteiger partial charge >= 0.3 is 0 Å². The molecule has 5 nitrogen and oxygen atoms in total. The maximum absolute atomic E-state index is 13.6. The zero-order chi connectivity index (χ0) is 18.5. The van der Waals surface area contributed by atoms with Crippen molar-refractivity contribution in [2.45, 2.75) is 0 Å². The lowest BCUT2D eigenvalue weighted by Gasteiger charge is -2.02. The van der Waals surface area contributed by atoms with E-state index in [2.05, 4.69) is 10.5 Å². The van der Waals surface area contributed by atoms with Gasteiger partial charge in [-0.2, -0.15) is 5.10 Å². The highest BCUT2D eigenvalue weighted by Gasteiger charge is 2.14. The number of thiophene rings is 1. The van der Waals surface area contributed by atoms with Crippen molar-refractivity contribution in [3.05, 3.63) is 70.9 Å². The number of anilines is 1. The molecule has 0 atom stereocenters. The molecule has 7 heteroatoms. The number of halogens is 1. The van der Waals surface area contributed by atoms with Crippen molar-refractivity contribution >= 4 is 29.1 Å². The Morgan fingerprint density at radius 3 is 2.69 bits per heavy atom. The SMILES string of the molecule is COc1ccc(/C=N\NC(=O)c2sc(-c3ccccc3)cc2N)cc1F. The number of nitrogen functional groups attached to an aromatic ring is 1. The normalized spacial score (nSPS) is 10.8. The lowest BCUT2D eigenvalue weighted by atomic mass is 10.2. The van der Waals surface area contributed by atoms with Crippen LogP contribution in [0.5, 0.6) is 5.75 Å². The Kier molecular flexibility index (Phi) is 5.28. The third kappa shape index (κ3) is 3.89. The molecular weight excluding hydrogens is 353 g/mol. The van der Waals surface area contributed by atoms with Crippen molar-refractivity contribution < 1.29 is 13.9 Å². The number of carbonyl (C=O) groups excluding carboxylic acids is 1. The maximum atomic E-state index is 13.6. The summed E-state index contributed by atoms with van der Waals surface area (Å²) < 4.78 is 18.5. The number of nitrogens with two attached hydrogens (primary N) is 1. The smallest absolute Gasteiger partial charge is 0.283 e. The first-order valence-corrected chi connectivity index (χ1v) is 8.52. The van der Waals surface area contributed by atoms with E-state index in [4.69, 9.17) is 10.5 Å². The lowest BCUT2D eigenvalue weighted by Crippen LogP contribution is -2.17. The quantitative estimate of drug-likeness (QED) is 0.529. The van der Waals surface area contributed by atoms with Gasteiger partial charge in [-0.3, -0.25) is 4.79 Å². The lowest BCUT2D eigenvalue weighted by molar-refractivity contribution is 0.0960. The number of rotatable bonds is 5. The molecule has 1 heterocycles. The van der Waals surface area contributed by atoms with E-state index >= 15 is 0 Å². The minimum atomic E-state index is -0.502. The van der Waals surface area contributed by atoms with E-state index < -0.39 is 11.7 Å². The van der Waals surface area contributed by atoms with Crippen LogP contribution >= 0.6 is 11.3 Å². The number of amides is 1. The van der Waals surface area contributed by atoms with Crippen LogP contribution in [0.15, 0.2) is 59.7 Å². The molecule has 0 saturated heterocycles. The number of hydrazone groups is 1. The first-order chi connectivity index (χ1) is 12.6. The molecule has 2 aromatic carbocycles. The molecular formula is C19H16FN3O2S. The third-order valence-corrected chi connectivity index (χ3v) is 4.78. The van der Waals surface area contributed by atoms with Gasteiger partial charge < -0.3 is 10.5 Å². The molecule has 1 amide bonds. The van der Waals surface area contributed by atoms with Crippen LogP contribution in [-0.2, 0) is 0 Å².